The Morgan fingerprint density at radius 2 is 2.00 bits per heavy atom. The van der Waals surface area contributed by atoms with E-state index in [1.165, 1.54) is 13.2 Å². The van der Waals surface area contributed by atoms with Crippen LogP contribution >= 0.6 is 0 Å². The van der Waals surface area contributed by atoms with Gasteiger partial charge >= 0.3 is 6.18 Å². The molecule has 2 aliphatic heterocycles. The van der Waals surface area contributed by atoms with Gasteiger partial charge < -0.3 is 23.8 Å². The molecular weight excluding hydrogens is 391 g/mol. The lowest BCUT2D eigenvalue weighted by Gasteiger charge is -2.34. The second-order valence-corrected chi connectivity index (χ2v) is 7.24. The molecule has 3 rings (SSSR count). The van der Waals surface area contributed by atoms with Crippen LogP contribution in [0, 0.1) is 5.92 Å². The van der Waals surface area contributed by atoms with Crippen LogP contribution in [0.15, 0.2) is 18.2 Å². The highest BCUT2D eigenvalue weighted by Crippen LogP contribution is 2.30. The lowest BCUT2D eigenvalue weighted by molar-refractivity contribution is -0.153. The third-order valence-corrected chi connectivity index (χ3v) is 5.09. The maximum atomic E-state index is 12.6. The predicted molar refractivity (Wildman–Crippen MR) is 97.9 cm³/mol. The Morgan fingerprint density at radius 1 is 1.24 bits per heavy atom. The van der Waals surface area contributed by atoms with Crippen molar-refractivity contribution in [3.05, 3.63) is 23.8 Å². The number of likely N-dealkylation sites (tertiary alicyclic amines) is 1. The molecule has 1 aromatic rings. The first-order valence-electron chi connectivity index (χ1n) is 9.73. The summed E-state index contributed by atoms with van der Waals surface area (Å²) in [6, 6.07) is 4.70. The van der Waals surface area contributed by atoms with Gasteiger partial charge in [0.05, 0.1) is 20.3 Å². The number of rotatable bonds is 7. The van der Waals surface area contributed by atoms with Gasteiger partial charge in [0.25, 0.3) is 0 Å². The summed E-state index contributed by atoms with van der Waals surface area (Å²) in [5.41, 5.74) is 0.797. The Bertz CT molecular complexity index is 691. The summed E-state index contributed by atoms with van der Waals surface area (Å²) in [7, 11) is 1.37. The van der Waals surface area contributed by atoms with Crippen LogP contribution in [0.3, 0.4) is 0 Å². The number of aryl methyl sites for hydroxylation is 1. The molecule has 2 aliphatic rings. The molecule has 0 aromatic heterocycles. The van der Waals surface area contributed by atoms with E-state index in [0.717, 1.165) is 24.9 Å². The van der Waals surface area contributed by atoms with Crippen LogP contribution in [-0.4, -0.2) is 63.3 Å². The van der Waals surface area contributed by atoms with Crippen molar-refractivity contribution < 1.29 is 36.9 Å². The fourth-order valence-electron chi connectivity index (χ4n) is 3.66. The van der Waals surface area contributed by atoms with E-state index in [2.05, 4.69) is 0 Å². The minimum atomic E-state index is -4.42. The van der Waals surface area contributed by atoms with Crippen LogP contribution in [0.2, 0.25) is 0 Å². The molecular formula is C20H26F3NO5. The maximum Gasteiger partial charge on any atom is 0.422 e. The van der Waals surface area contributed by atoms with Crippen molar-refractivity contribution in [2.45, 2.75) is 38.1 Å². The molecule has 0 aliphatic carbocycles. The summed E-state index contributed by atoms with van der Waals surface area (Å²) >= 11 is 0. The van der Waals surface area contributed by atoms with Gasteiger partial charge in [-0.15, -0.1) is 0 Å². The number of nitrogens with zero attached hydrogens (tertiary/aromatic N) is 1. The highest BCUT2D eigenvalue weighted by Gasteiger charge is 2.32. The van der Waals surface area contributed by atoms with Crippen molar-refractivity contribution >= 4 is 5.91 Å². The second kappa shape index (κ2) is 9.67. The van der Waals surface area contributed by atoms with E-state index in [4.69, 9.17) is 18.9 Å². The van der Waals surface area contributed by atoms with Crippen LogP contribution < -0.4 is 9.47 Å². The smallest absolute Gasteiger partial charge is 0.422 e. The number of alkyl halides is 3. The summed E-state index contributed by atoms with van der Waals surface area (Å²) in [5.74, 6) is 0.479. The number of benzene rings is 1. The minimum Gasteiger partial charge on any atom is -0.493 e. The summed E-state index contributed by atoms with van der Waals surface area (Å²) in [6.45, 7) is 1.15. The average Bonchev–Trinajstić information content (AvgIpc) is 3.25. The predicted octanol–water partition coefficient (Wildman–Crippen LogP) is 3.18. The van der Waals surface area contributed by atoms with Gasteiger partial charge in [0.1, 0.15) is 0 Å². The van der Waals surface area contributed by atoms with Crippen molar-refractivity contribution in [2.24, 2.45) is 5.92 Å². The molecule has 2 fully saturated rings. The Kier molecular flexibility index (Phi) is 7.23. The van der Waals surface area contributed by atoms with Crippen LogP contribution in [0.5, 0.6) is 11.5 Å². The maximum absolute atomic E-state index is 12.6. The quantitative estimate of drug-likeness (QED) is 0.682. The fraction of sp³-hybridized carbons (Fsp3) is 0.650. The van der Waals surface area contributed by atoms with Gasteiger partial charge in [0, 0.05) is 25.4 Å². The molecule has 1 amide bonds. The molecule has 0 radical (unpaired) electrons. The number of carbonyl (C=O) groups is 1. The zero-order chi connectivity index (χ0) is 20.9. The minimum absolute atomic E-state index is 0.0235. The average molecular weight is 417 g/mol. The van der Waals surface area contributed by atoms with Crippen LogP contribution in [-0.2, 0) is 20.7 Å². The SMILES string of the molecule is COc1cc(CCC(=O)N2CCCC(C3OCCO3)C2)ccc1OCC(F)(F)F. The largest absolute Gasteiger partial charge is 0.493 e. The van der Waals surface area contributed by atoms with E-state index in [0.29, 0.717) is 32.6 Å². The molecule has 2 saturated heterocycles. The Balaban J connectivity index is 1.52. The molecule has 0 spiro atoms. The first-order valence-corrected chi connectivity index (χ1v) is 9.73. The van der Waals surface area contributed by atoms with Gasteiger partial charge in [0.2, 0.25) is 5.91 Å². The van der Waals surface area contributed by atoms with Crippen LogP contribution in [0.25, 0.3) is 0 Å². The summed E-state index contributed by atoms with van der Waals surface area (Å²) in [6.07, 6.45) is -1.97. The molecule has 0 N–H and O–H groups in total. The molecule has 9 heteroatoms. The second-order valence-electron chi connectivity index (χ2n) is 7.24. The van der Waals surface area contributed by atoms with E-state index < -0.39 is 12.8 Å². The van der Waals surface area contributed by atoms with Crippen molar-refractivity contribution in [1.29, 1.82) is 0 Å². The fourth-order valence-corrected chi connectivity index (χ4v) is 3.66. The van der Waals surface area contributed by atoms with Crippen molar-refractivity contribution in [1.82, 2.24) is 4.90 Å². The van der Waals surface area contributed by atoms with E-state index in [-0.39, 0.29) is 29.6 Å². The van der Waals surface area contributed by atoms with Crippen LogP contribution in [0.4, 0.5) is 13.2 Å². The van der Waals surface area contributed by atoms with Gasteiger partial charge in [0.15, 0.2) is 24.4 Å². The summed E-state index contributed by atoms with van der Waals surface area (Å²) in [4.78, 5) is 14.5. The third kappa shape index (κ3) is 6.24. The van der Waals surface area contributed by atoms with Crippen molar-refractivity contribution in [3.63, 3.8) is 0 Å². The number of amides is 1. The van der Waals surface area contributed by atoms with Gasteiger partial charge in [-0.05, 0) is 37.0 Å². The number of halogens is 3. The van der Waals surface area contributed by atoms with Gasteiger partial charge in [-0.25, -0.2) is 0 Å². The number of hydrogen-bond acceptors (Lipinski definition) is 5. The molecule has 1 unspecified atom stereocenters. The summed E-state index contributed by atoms with van der Waals surface area (Å²) < 4.78 is 58.1. The number of piperidine rings is 1. The normalized spacial score (nSPS) is 20.7. The number of hydrogen-bond donors (Lipinski definition) is 0. The molecule has 6 nitrogen and oxygen atoms in total. The molecule has 29 heavy (non-hydrogen) atoms. The highest BCUT2D eigenvalue weighted by molar-refractivity contribution is 5.76. The van der Waals surface area contributed by atoms with E-state index in [9.17, 15) is 18.0 Å². The van der Waals surface area contributed by atoms with E-state index in [1.54, 1.807) is 12.1 Å². The van der Waals surface area contributed by atoms with Gasteiger partial charge in [-0.3, -0.25) is 4.79 Å². The number of ether oxygens (including phenoxy) is 4. The van der Waals surface area contributed by atoms with E-state index in [1.807, 2.05) is 4.90 Å². The molecule has 0 saturated carbocycles. The third-order valence-electron chi connectivity index (χ3n) is 5.09. The Hall–Kier alpha value is -2.00. The van der Waals surface area contributed by atoms with Gasteiger partial charge in [-0.2, -0.15) is 13.2 Å². The number of methoxy groups -OCH3 is 1. The molecule has 2 heterocycles. The lowest BCUT2D eigenvalue weighted by Crippen LogP contribution is -2.43. The van der Waals surface area contributed by atoms with E-state index >= 15 is 0 Å². The zero-order valence-corrected chi connectivity index (χ0v) is 16.4. The molecule has 0 bridgehead atoms. The zero-order valence-electron chi connectivity index (χ0n) is 16.4. The Morgan fingerprint density at radius 3 is 2.69 bits per heavy atom. The molecule has 1 aromatic carbocycles. The molecule has 1 atom stereocenters. The van der Waals surface area contributed by atoms with Gasteiger partial charge in [-0.1, -0.05) is 6.07 Å². The highest BCUT2D eigenvalue weighted by atomic mass is 19.4. The monoisotopic (exact) mass is 417 g/mol. The number of carbonyl (C=O) groups excluding carboxylic acids is 1. The standard InChI is InChI=1S/C20H26F3NO5/c1-26-17-11-14(4-6-16(17)29-13-20(21,22)23)5-7-18(25)24-8-2-3-15(12-24)19-27-9-10-28-19/h4,6,11,15,19H,2-3,5,7-10,12-13H2,1H3. The summed E-state index contributed by atoms with van der Waals surface area (Å²) in [5, 5.41) is 0. The first kappa shape index (κ1) is 21.7. The van der Waals surface area contributed by atoms with Crippen molar-refractivity contribution in [2.75, 3.05) is 40.0 Å². The van der Waals surface area contributed by atoms with Crippen LogP contribution in [0.1, 0.15) is 24.8 Å². The van der Waals surface area contributed by atoms with Crippen molar-refractivity contribution in [3.8, 4) is 11.5 Å². The molecule has 162 valence electrons. The first-order chi connectivity index (χ1) is 13.9. The lowest BCUT2D eigenvalue weighted by atomic mass is 9.97. The Labute approximate surface area is 167 Å². The topological polar surface area (TPSA) is 57.2 Å².